The van der Waals surface area contributed by atoms with Gasteiger partial charge in [-0.1, -0.05) is 0 Å². The first kappa shape index (κ1) is 17.0. The van der Waals surface area contributed by atoms with Crippen LogP contribution in [-0.2, 0) is 16.0 Å². The van der Waals surface area contributed by atoms with Crippen molar-refractivity contribution in [2.24, 2.45) is 5.92 Å². The van der Waals surface area contributed by atoms with Crippen molar-refractivity contribution in [3.8, 4) is 0 Å². The molecule has 5 nitrogen and oxygen atoms in total. The van der Waals surface area contributed by atoms with Gasteiger partial charge in [0.2, 0.25) is 0 Å². The Hall–Kier alpha value is -1.88. The summed E-state index contributed by atoms with van der Waals surface area (Å²) < 4.78 is 5.12. The van der Waals surface area contributed by atoms with Gasteiger partial charge in [-0.2, -0.15) is 0 Å². The van der Waals surface area contributed by atoms with Crippen molar-refractivity contribution < 1.29 is 14.3 Å². The lowest BCUT2D eigenvalue weighted by molar-refractivity contribution is -0.149. The summed E-state index contributed by atoms with van der Waals surface area (Å²) in [5.74, 6) is -0.0957. The van der Waals surface area contributed by atoms with E-state index in [2.05, 4.69) is 10.2 Å². The van der Waals surface area contributed by atoms with Gasteiger partial charge in [0.1, 0.15) is 0 Å². The summed E-state index contributed by atoms with van der Waals surface area (Å²) in [5.41, 5.74) is 3.16. The van der Waals surface area contributed by atoms with Gasteiger partial charge in [0.25, 0.3) is 0 Å². The highest BCUT2D eigenvalue weighted by atomic mass is 16.5. The first-order chi connectivity index (χ1) is 11.7. The fourth-order valence-corrected chi connectivity index (χ4v) is 3.59. The van der Waals surface area contributed by atoms with Crippen molar-refractivity contribution in [2.45, 2.75) is 32.6 Å². The van der Waals surface area contributed by atoms with Crippen molar-refractivity contribution in [1.82, 2.24) is 4.90 Å². The highest BCUT2D eigenvalue weighted by Gasteiger charge is 2.28. The maximum atomic E-state index is 12.6. The van der Waals surface area contributed by atoms with Crippen LogP contribution in [0.5, 0.6) is 0 Å². The smallest absolute Gasteiger partial charge is 0.310 e. The van der Waals surface area contributed by atoms with Gasteiger partial charge in [0.15, 0.2) is 5.78 Å². The third kappa shape index (κ3) is 3.96. The normalized spacial score (nSPS) is 20.8. The lowest BCUT2D eigenvalue weighted by Gasteiger charge is -2.31. The third-order valence-corrected chi connectivity index (χ3v) is 4.86. The SMILES string of the molecule is CCOC(=O)C1CCCN(CC(=O)c2ccc3c(c2)CCCN3)C1. The van der Waals surface area contributed by atoms with Gasteiger partial charge in [0.05, 0.1) is 19.1 Å². The number of carbonyl (C=O) groups excluding carboxylic acids is 2. The first-order valence-corrected chi connectivity index (χ1v) is 8.96. The first-order valence-electron chi connectivity index (χ1n) is 8.96. The fourth-order valence-electron chi connectivity index (χ4n) is 3.59. The number of likely N-dealkylation sites (tertiary alicyclic amines) is 1. The van der Waals surface area contributed by atoms with Crippen LogP contribution in [0.4, 0.5) is 5.69 Å². The molecule has 0 spiro atoms. The van der Waals surface area contributed by atoms with Crippen LogP contribution in [0.2, 0.25) is 0 Å². The second kappa shape index (κ2) is 7.79. The van der Waals surface area contributed by atoms with Gasteiger partial charge >= 0.3 is 5.97 Å². The number of esters is 1. The van der Waals surface area contributed by atoms with E-state index in [0.717, 1.165) is 50.0 Å². The van der Waals surface area contributed by atoms with Crippen molar-refractivity contribution in [2.75, 3.05) is 38.1 Å². The van der Waals surface area contributed by atoms with Gasteiger partial charge in [-0.25, -0.2) is 0 Å². The van der Waals surface area contributed by atoms with Crippen LogP contribution in [0.1, 0.15) is 42.1 Å². The zero-order chi connectivity index (χ0) is 16.9. The largest absolute Gasteiger partial charge is 0.466 e. The summed E-state index contributed by atoms with van der Waals surface area (Å²) in [5, 5.41) is 3.37. The zero-order valence-electron chi connectivity index (χ0n) is 14.3. The van der Waals surface area contributed by atoms with E-state index in [1.165, 1.54) is 5.56 Å². The minimum atomic E-state index is -0.130. The molecule has 1 unspecified atom stereocenters. The van der Waals surface area contributed by atoms with E-state index >= 15 is 0 Å². The quantitative estimate of drug-likeness (QED) is 0.664. The van der Waals surface area contributed by atoms with E-state index in [1.807, 2.05) is 25.1 Å². The molecule has 1 aromatic rings. The highest BCUT2D eigenvalue weighted by Crippen LogP contribution is 2.24. The molecule has 1 aromatic carbocycles. The Balaban J connectivity index is 1.61. The van der Waals surface area contributed by atoms with Gasteiger partial charge < -0.3 is 10.1 Å². The van der Waals surface area contributed by atoms with Crippen LogP contribution in [0.25, 0.3) is 0 Å². The van der Waals surface area contributed by atoms with E-state index in [-0.39, 0.29) is 17.7 Å². The van der Waals surface area contributed by atoms with Crippen molar-refractivity contribution in [1.29, 1.82) is 0 Å². The second-order valence-electron chi connectivity index (χ2n) is 6.65. The highest BCUT2D eigenvalue weighted by molar-refractivity contribution is 5.98. The second-order valence-corrected chi connectivity index (χ2v) is 6.65. The molecule has 1 N–H and O–H groups in total. The molecule has 3 rings (SSSR count). The predicted octanol–water partition coefficient (Wildman–Crippen LogP) is 2.50. The molecule has 0 aromatic heterocycles. The Kier molecular flexibility index (Phi) is 5.51. The van der Waals surface area contributed by atoms with E-state index in [9.17, 15) is 9.59 Å². The zero-order valence-corrected chi connectivity index (χ0v) is 14.3. The third-order valence-electron chi connectivity index (χ3n) is 4.86. The fraction of sp³-hybridized carbons (Fsp3) is 0.579. The lowest BCUT2D eigenvalue weighted by atomic mass is 9.96. The average Bonchev–Trinajstić information content (AvgIpc) is 2.61. The lowest BCUT2D eigenvalue weighted by Crippen LogP contribution is -2.41. The van der Waals surface area contributed by atoms with Crippen LogP contribution < -0.4 is 5.32 Å². The number of ketones is 1. The Morgan fingerprint density at radius 2 is 2.21 bits per heavy atom. The molecule has 130 valence electrons. The standard InChI is InChI=1S/C19H26N2O3/c1-2-24-19(23)16-6-4-10-21(12-16)13-18(22)15-7-8-17-14(11-15)5-3-9-20-17/h7-8,11,16,20H,2-6,9-10,12-13H2,1H3. The van der Waals surface area contributed by atoms with Gasteiger partial charge in [-0.3, -0.25) is 14.5 Å². The van der Waals surface area contributed by atoms with Crippen LogP contribution in [-0.4, -0.2) is 49.4 Å². The molecule has 0 aliphatic carbocycles. The number of carbonyl (C=O) groups is 2. The summed E-state index contributed by atoms with van der Waals surface area (Å²) in [7, 11) is 0. The molecule has 1 saturated heterocycles. The number of nitrogens with one attached hydrogen (secondary N) is 1. The molecule has 0 radical (unpaired) electrons. The number of aryl methyl sites for hydroxylation is 1. The topological polar surface area (TPSA) is 58.6 Å². The minimum absolute atomic E-state index is 0.0979. The van der Waals surface area contributed by atoms with Crippen LogP contribution in [0.3, 0.4) is 0 Å². The summed E-state index contributed by atoms with van der Waals surface area (Å²) >= 11 is 0. The molecule has 1 atom stereocenters. The Labute approximate surface area is 143 Å². The number of hydrogen-bond donors (Lipinski definition) is 1. The van der Waals surface area contributed by atoms with Crippen LogP contribution in [0, 0.1) is 5.92 Å². The number of hydrogen-bond acceptors (Lipinski definition) is 5. The summed E-state index contributed by atoms with van der Waals surface area (Å²) in [6.45, 7) is 5.11. The van der Waals surface area contributed by atoms with Gasteiger partial charge in [0, 0.05) is 24.3 Å². The van der Waals surface area contributed by atoms with Crippen LogP contribution >= 0.6 is 0 Å². The summed E-state index contributed by atoms with van der Waals surface area (Å²) in [6.07, 6.45) is 3.93. The molecule has 2 aliphatic rings. The number of rotatable bonds is 5. The molecule has 0 bridgehead atoms. The number of fused-ring (bicyclic) bond motifs is 1. The van der Waals surface area contributed by atoms with Crippen LogP contribution in [0.15, 0.2) is 18.2 Å². The van der Waals surface area contributed by atoms with Gasteiger partial charge in [-0.15, -0.1) is 0 Å². The number of anilines is 1. The Morgan fingerprint density at radius 1 is 1.33 bits per heavy atom. The van der Waals surface area contributed by atoms with Gasteiger partial charge in [-0.05, 0) is 62.9 Å². The molecular weight excluding hydrogens is 304 g/mol. The van der Waals surface area contributed by atoms with E-state index in [1.54, 1.807) is 0 Å². The number of ether oxygens (including phenoxy) is 1. The molecule has 0 saturated carbocycles. The summed E-state index contributed by atoms with van der Waals surface area (Å²) in [4.78, 5) is 26.6. The average molecular weight is 330 g/mol. The molecule has 24 heavy (non-hydrogen) atoms. The van der Waals surface area contributed by atoms with E-state index in [0.29, 0.717) is 19.7 Å². The number of piperidine rings is 1. The monoisotopic (exact) mass is 330 g/mol. The molecular formula is C19H26N2O3. The predicted molar refractivity (Wildman–Crippen MR) is 93.4 cm³/mol. The van der Waals surface area contributed by atoms with E-state index in [4.69, 9.17) is 4.74 Å². The molecule has 2 heterocycles. The van der Waals surface area contributed by atoms with Crippen molar-refractivity contribution >= 4 is 17.4 Å². The number of Topliss-reactive ketones (excluding diaryl/α,β-unsaturated/α-hetero) is 1. The maximum absolute atomic E-state index is 12.6. The molecule has 0 amide bonds. The number of nitrogens with zero attached hydrogens (tertiary/aromatic N) is 1. The summed E-state index contributed by atoms with van der Waals surface area (Å²) in [6, 6.07) is 5.95. The Morgan fingerprint density at radius 3 is 3.04 bits per heavy atom. The van der Waals surface area contributed by atoms with E-state index < -0.39 is 0 Å². The Bertz CT molecular complexity index is 615. The molecule has 1 fully saturated rings. The molecule has 5 heteroatoms. The van der Waals surface area contributed by atoms with Crippen molar-refractivity contribution in [3.05, 3.63) is 29.3 Å². The minimum Gasteiger partial charge on any atom is -0.466 e. The number of benzene rings is 1. The van der Waals surface area contributed by atoms with Crippen molar-refractivity contribution in [3.63, 3.8) is 0 Å². The maximum Gasteiger partial charge on any atom is 0.310 e. The molecule has 2 aliphatic heterocycles.